The van der Waals surface area contributed by atoms with Crippen molar-refractivity contribution in [1.29, 1.82) is 0 Å². The number of fused-ring (bicyclic) bond motifs is 1. The fourth-order valence-electron chi connectivity index (χ4n) is 5.49. The predicted octanol–water partition coefficient (Wildman–Crippen LogP) is 4.29. The molecule has 1 aromatic carbocycles. The molecule has 0 saturated carbocycles. The smallest absolute Gasteiger partial charge is 0.344 e. The molecular formula is C24H32ClN5O. The van der Waals surface area contributed by atoms with Gasteiger partial charge in [-0.15, -0.1) is 0 Å². The van der Waals surface area contributed by atoms with Crippen LogP contribution in [0.2, 0.25) is 5.02 Å². The van der Waals surface area contributed by atoms with Crippen LogP contribution in [0.25, 0.3) is 0 Å². The molecule has 2 unspecified atom stereocenters. The fraction of sp³-hybridized carbons (Fsp3) is 0.583. The molecule has 5 rings (SSSR count). The molecule has 0 aliphatic carbocycles. The summed E-state index contributed by atoms with van der Waals surface area (Å²) < 4.78 is 1.36. The minimum Gasteiger partial charge on any atom is -0.371 e. The van der Waals surface area contributed by atoms with Gasteiger partial charge in [0.1, 0.15) is 0 Å². The Morgan fingerprint density at radius 2 is 1.84 bits per heavy atom. The van der Waals surface area contributed by atoms with E-state index in [4.69, 9.17) is 11.6 Å². The maximum atomic E-state index is 12.7. The number of rotatable bonds is 4. The molecule has 1 aromatic heterocycles. The van der Waals surface area contributed by atoms with Crippen molar-refractivity contribution in [2.75, 3.05) is 44.2 Å². The minimum absolute atomic E-state index is 0.0616. The molecule has 4 heterocycles. The summed E-state index contributed by atoms with van der Waals surface area (Å²) in [5.41, 5.74) is 4.32. The second-order valence-corrected chi connectivity index (χ2v) is 10.2. The second kappa shape index (κ2) is 8.47. The summed E-state index contributed by atoms with van der Waals surface area (Å²) in [6.07, 6.45) is 5.70. The van der Waals surface area contributed by atoms with Crippen LogP contribution in [0, 0.1) is 11.8 Å². The first-order valence-corrected chi connectivity index (χ1v) is 12.0. The number of carbonyl (C=O) groups is 1. The maximum absolute atomic E-state index is 12.7. The molecule has 7 heteroatoms. The summed E-state index contributed by atoms with van der Waals surface area (Å²) in [6, 6.07) is 7.03. The number of amides is 1. The Hall–Kier alpha value is -2.05. The van der Waals surface area contributed by atoms with Crippen LogP contribution >= 0.6 is 11.6 Å². The number of nitrogens with zero attached hydrogens (tertiary/aromatic N) is 5. The largest absolute Gasteiger partial charge is 0.371 e. The van der Waals surface area contributed by atoms with Crippen LogP contribution in [0.1, 0.15) is 43.7 Å². The third-order valence-electron chi connectivity index (χ3n) is 7.20. The Kier molecular flexibility index (Phi) is 5.69. The molecule has 0 bridgehead atoms. The van der Waals surface area contributed by atoms with E-state index in [9.17, 15) is 4.79 Å². The first-order chi connectivity index (χ1) is 15.0. The van der Waals surface area contributed by atoms with Gasteiger partial charge < -0.3 is 9.80 Å². The van der Waals surface area contributed by atoms with E-state index in [-0.39, 0.29) is 6.03 Å². The number of benzene rings is 1. The number of carbonyl (C=O) groups excluding carboxylic acids is 1. The maximum Gasteiger partial charge on any atom is 0.344 e. The molecule has 2 atom stereocenters. The molecule has 0 N–H and O–H groups in total. The summed E-state index contributed by atoms with van der Waals surface area (Å²) in [5, 5.41) is 4.57. The number of anilines is 1. The van der Waals surface area contributed by atoms with Crippen molar-refractivity contribution in [3.05, 3.63) is 46.7 Å². The third-order valence-corrected chi connectivity index (χ3v) is 7.39. The fourth-order valence-corrected chi connectivity index (χ4v) is 5.63. The van der Waals surface area contributed by atoms with Crippen LogP contribution in [0.3, 0.4) is 0 Å². The average Bonchev–Trinajstić information content (AvgIpc) is 3.52. The van der Waals surface area contributed by atoms with Crippen LogP contribution in [0.4, 0.5) is 10.5 Å². The lowest BCUT2D eigenvalue weighted by atomic mass is 9.99. The van der Waals surface area contributed by atoms with Gasteiger partial charge in [-0.25, -0.2) is 4.79 Å². The van der Waals surface area contributed by atoms with Crippen LogP contribution in [-0.4, -0.2) is 64.9 Å². The second-order valence-electron chi connectivity index (χ2n) is 9.74. The molecule has 2 aromatic rings. The van der Waals surface area contributed by atoms with E-state index in [1.165, 1.54) is 53.6 Å². The molecule has 3 aliphatic rings. The normalized spacial score (nSPS) is 23.9. The molecule has 31 heavy (non-hydrogen) atoms. The lowest BCUT2D eigenvalue weighted by Crippen LogP contribution is -2.36. The van der Waals surface area contributed by atoms with Crippen molar-refractivity contribution < 1.29 is 4.79 Å². The van der Waals surface area contributed by atoms with Crippen LogP contribution < -0.4 is 4.90 Å². The van der Waals surface area contributed by atoms with E-state index in [1.807, 2.05) is 4.90 Å². The van der Waals surface area contributed by atoms with Gasteiger partial charge >= 0.3 is 6.03 Å². The van der Waals surface area contributed by atoms with Crippen molar-refractivity contribution >= 4 is 23.3 Å². The summed E-state index contributed by atoms with van der Waals surface area (Å²) in [6.45, 7) is 11.6. The van der Waals surface area contributed by atoms with Gasteiger partial charge in [0, 0.05) is 51.5 Å². The van der Waals surface area contributed by atoms with Gasteiger partial charge in [0.05, 0.1) is 17.4 Å². The van der Waals surface area contributed by atoms with E-state index in [0.29, 0.717) is 22.8 Å². The van der Waals surface area contributed by atoms with Gasteiger partial charge in [-0.05, 0) is 47.8 Å². The molecular weight excluding hydrogens is 410 g/mol. The number of hydrogen-bond acceptors (Lipinski definition) is 4. The summed E-state index contributed by atoms with van der Waals surface area (Å²) >= 11 is 5.93. The Labute approximate surface area is 189 Å². The molecule has 3 fully saturated rings. The van der Waals surface area contributed by atoms with Gasteiger partial charge in [-0.2, -0.15) is 9.78 Å². The number of likely N-dealkylation sites (tertiary alicyclic amines) is 2. The van der Waals surface area contributed by atoms with Crippen molar-refractivity contribution in [3.8, 4) is 0 Å². The van der Waals surface area contributed by atoms with Gasteiger partial charge in [0.2, 0.25) is 0 Å². The Bertz CT molecular complexity index is 937. The molecule has 166 valence electrons. The molecule has 3 aliphatic heterocycles. The first-order valence-electron chi connectivity index (χ1n) is 11.6. The van der Waals surface area contributed by atoms with Gasteiger partial charge in [-0.3, -0.25) is 4.90 Å². The molecule has 6 nitrogen and oxygen atoms in total. The number of halogens is 1. The van der Waals surface area contributed by atoms with E-state index >= 15 is 0 Å². The number of hydrogen-bond donors (Lipinski definition) is 0. The zero-order valence-electron chi connectivity index (χ0n) is 18.5. The van der Waals surface area contributed by atoms with Crippen LogP contribution in [0.15, 0.2) is 30.6 Å². The van der Waals surface area contributed by atoms with E-state index in [1.54, 1.807) is 6.20 Å². The topological polar surface area (TPSA) is 44.6 Å². The highest BCUT2D eigenvalue weighted by molar-refractivity contribution is 6.30. The molecule has 0 spiro atoms. The number of aromatic nitrogens is 2. The first kappa shape index (κ1) is 20.8. The van der Waals surface area contributed by atoms with E-state index in [0.717, 1.165) is 32.7 Å². The minimum atomic E-state index is -0.0616. The highest BCUT2D eigenvalue weighted by Gasteiger charge is 2.42. The SMILES string of the molecule is CC(C)c1ccc(CN2CC3CN(C(=O)n4cc(Cl)cn4)CC3C2)c(N2CCCC2)c1. The Morgan fingerprint density at radius 1 is 1.13 bits per heavy atom. The van der Waals surface area contributed by atoms with Crippen molar-refractivity contribution in [3.63, 3.8) is 0 Å². The van der Waals surface area contributed by atoms with Crippen molar-refractivity contribution in [1.82, 2.24) is 19.6 Å². The van der Waals surface area contributed by atoms with E-state index in [2.05, 4.69) is 46.9 Å². The standard InChI is InChI=1S/C24H32ClN5O/c1-17(2)18-5-6-19(23(9-18)28-7-3-4-8-28)11-27-12-20-14-29(15-21(20)13-27)24(31)30-16-22(25)10-26-30/h5-6,9-10,16-17,20-21H,3-4,7-8,11-15H2,1-2H3. The summed E-state index contributed by atoms with van der Waals surface area (Å²) in [5.74, 6) is 1.63. The van der Waals surface area contributed by atoms with Crippen molar-refractivity contribution in [2.45, 2.75) is 39.2 Å². The van der Waals surface area contributed by atoms with Crippen LogP contribution in [-0.2, 0) is 6.54 Å². The molecule has 3 saturated heterocycles. The zero-order chi connectivity index (χ0) is 21.5. The van der Waals surface area contributed by atoms with Crippen molar-refractivity contribution in [2.24, 2.45) is 11.8 Å². The highest BCUT2D eigenvalue weighted by Crippen LogP contribution is 2.35. The summed E-state index contributed by atoms with van der Waals surface area (Å²) in [4.78, 5) is 19.8. The lowest BCUT2D eigenvalue weighted by molar-refractivity contribution is 0.197. The predicted molar refractivity (Wildman–Crippen MR) is 124 cm³/mol. The monoisotopic (exact) mass is 441 g/mol. The molecule has 1 amide bonds. The highest BCUT2D eigenvalue weighted by atomic mass is 35.5. The van der Waals surface area contributed by atoms with Gasteiger partial charge in [0.15, 0.2) is 0 Å². The summed E-state index contributed by atoms with van der Waals surface area (Å²) in [7, 11) is 0. The Balaban J connectivity index is 1.25. The Morgan fingerprint density at radius 3 is 2.45 bits per heavy atom. The van der Waals surface area contributed by atoms with E-state index < -0.39 is 0 Å². The van der Waals surface area contributed by atoms with Gasteiger partial charge in [-0.1, -0.05) is 37.6 Å². The average molecular weight is 442 g/mol. The molecule has 0 radical (unpaired) electrons. The lowest BCUT2D eigenvalue weighted by Gasteiger charge is -2.26. The zero-order valence-corrected chi connectivity index (χ0v) is 19.3. The quantitative estimate of drug-likeness (QED) is 0.709. The van der Waals surface area contributed by atoms with Crippen LogP contribution in [0.5, 0.6) is 0 Å². The van der Waals surface area contributed by atoms with Gasteiger partial charge in [0.25, 0.3) is 0 Å². The third kappa shape index (κ3) is 4.20.